The Labute approximate surface area is 102 Å². The Morgan fingerprint density at radius 3 is 3.00 bits per heavy atom. The molecule has 1 N–H and O–H groups in total. The van der Waals surface area contributed by atoms with Crippen LogP contribution in [0.1, 0.15) is 4.88 Å². The van der Waals surface area contributed by atoms with E-state index in [4.69, 9.17) is 11.6 Å². The van der Waals surface area contributed by atoms with Crippen molar-refractivity contribution in [3.05, 3.63) is 40.1 Å². The molecule has 0 aliphatic heterocycles. The first-order chi connectivity index (χ1) is 7.70. The zero-order valence-corrected chi connectivity index (χ0v) is 10.2. The molecule has 16 heavy (non-hydrogen) atoms. The van der Waals surface area contributed by atoms with E-state index in [-0.39, 0.29) is 5.82 Å². The number of thiazole rings is 1. The molecule has 0 unspecified atom stereocenters. The van der Waals surface area contributed by atoms with Gasteiger partial charge >= 0.3 is 0 Å². The number of nitrogens with zero attached hydrogens (tertiary/aromatic N) is 1. The highest BCUT2D eigenvalue weighted by molar-refractivity contribution is 7.15. The summed E-state index contributed by atoms with van der Waals surface area (Å²) in [6, 6.07) is 6.35. The van der Waals surface area contributed by atoms with Crippen LogP contribution in [0.25, 0.3) is 10.6 Å². The Balaban J connectivity index is 2.37. The van der Waals surface area contributed by atoms with Gasteiger partial charge < -0.3 is 5.32 Å². The summed E-state index contributed by atoms with van der Waals surface area (Å²) in [7, 11) is 1.85. The third kappa shape index (κ3) is 2.40. The van der Waals surface area contributed by atoms with Crippen LogP contribution in [0.4, 0.5) is 4.39 Å². The van der Waals surface area contributed by atoms with E-state index in [1.165, 1.54) is 23.5 Å². The summed E-state index contributed by atoms with van der Waals surface area (Å²) in [6.45, 7) is 0.672. The molecule has 1 aromatic carbocycles. The van der Waals surface area contributed by atoms with Gasteiger partial charge in [-0.3, -0.25) is 0 Å². The lowest BCUT2D eigenvalue weighted by atomic mass is 10.2. The number of halogens is 2. The van der Waals surface area contributed by atoms with Crippen LogP contribution in [0, 0.1) is 5.82 Å². The lowest BCUT2D eigenvalue weighted by Crippen LogP contribution is -2.03. The van der Waals surface area contributed by atoms with Crippen molar-refractivity contribution in [1.29, 1.82) is 0 Å². The summed E-state index contributed by atoms with van der Waals surface area (Å²) < 4.78 is 13.0. The van der Waals surface area contributed by atoms with E-state index in [2.05, 4.69) is 10.3 Å². The molecule has 0 radical (unpaired) electrons. The van der Waals surface area contributed by atoms with E-state index in [0.29, 0.717) is 11.7 Å². The van der Waals surface area contributed by atoms with E-state index in [1.807, 2.05) is 13.1 Å². The predicted octanol–water partition coefficient (Wildman–Crippen LogP) is 3.32. The zero-order chi connectivity index (χ0) is 11.5. The summed E-state index contributed by atoms with van der Waals surface area (Å²) in [6.07, 6.45) is 0. The SMILES string of the molecule is CNCc1sc(-c2cccc(F)c2)nc1Cl. The molecule has 0 saturated heterocycles. The molecule has 0 amide bonds. The standard InChI is InChI=1S/C11H10ClFN2S/c1-14-6-9-10(12)15-11(16-9)7-3-2-4-8(13)5-7/h2-5,14H,6H2,1H3. The number of aromatic nitrogens is 1. The van der Waals surface area contributed by atoms with Crippen molar-refractivity contribution in [2.75, 3.05) is 7.05 Å². The molecule has 0 atom stereocenters. The van der Waals surface area contributed by atoms with Crippen molar-refractivity contribution in [3.63, 3.8) is 0 Å². The molecule has 5 heteroatoms. The molecular formula is C11H10ClFN2S. The molecule has 0 aliphatic rings. The molecule has 0 saturated carbocycles. The van der Waals surface area contributed by atoms with E-state index < -0.39 is 0 Å². The van der Waals surface area contributed by atoms with E-state index >= 15 is 0 Å². The van der Waals surface area contributed by atoms with E-state index in [1.54, 1.807) is 6.07 Å². The average molecular weight is 257 g/mol. The van der Waals surface area contributed by atoms with Crippen LogP contribution < -0.4 is 5.32 Å². The van der Waals surface area contributed by atoms with Gasteiger partial charge in [0, 0.05) is 12.1 Å². The second-order valence-electron chi connectivity index (χ2n) is 3.27. The molecule has 0 spiro atoms. The van der Waals surface area contributed by atoms with Gasteiger partial charge in [0.1, 0.15) is 16.0 Å². The summed E-state index contributed by atoms with van der Waals surface area (Å²) in [5.74, 6) is -0.265. The monoisotopic (exact) mass is 256 g/mol. The van der Waals surface area contributed by atoms with Crippen molar-refractivity contribution in [3.8, 4) is 10.6 Å². The van der Waals surface area contributed by atoms with Crippen molar-refractivity contribution in [1.82, 2.24) is 10.3 Å². The maximum Gasteiger partial charge on any atom is 0.145 e. The smallest absolute Gasteiger partial charge is 0.145 e. The summed E-state index contributed by atoms with van der Waals surface area (Å²) in [5.41, 5.74) is 0.759. The summed E-state index contributed by atoms with van der Waals surface area (Å²) >= 11 is 7.45. The van der Waals surface area contributed by atoms with Crippen LogP contribution in [0.2, 0.25) is 5.15 Å². The van der Waals surface area contributed by atoms with Crippen molar-refractivity contribution in [2.24, 2.45) is 0 Å². The lowest BCUT2D eigenvalue weighted by Gasteiger charge is -1.95. The molecule has 0 fully saturated rings. The fourth-order valence-corrected chi connectivity index (χ4v) is 2.63. The third-order valence-corrected chi connectivity index (χ3v) is 3.59. The molecule has 1 heterocycles. The fourth-order valence-electron chi connectivity index (χ4n) is 1.35. The topological polar surface area (TPSA) is 24.9 Å². The highest BCUT2D eigenvalue weighted by Gasteiger charge is 2.10. The predicted molar refractivity (Wildman–Crippen MR) is 65.3 cm³/mol. The molecule has 0 bridgehead atoms. The highest BCUT2D eigenvalue weighted by Crippen LogP contribution is 2.30. The highest BCUT2D eigenvalue weighted by atomic mass is 35.5. The Bertz CT molecular complexity index is 498. The molecule has 84 valence electrons. The first-order valence-electron chi connectivity index (χ1n) is 4.76. The maximum atomic E-state index is 13.0. The number of rotatable bonds is 3. The van der Waals surface area contributed by atoms with Crippen molar-refractivity contribution in [2.45, 2.75) is 6.54 Å². The number of hydrogen-bond acceptors (Lipinski definition) is 3. The maximum absolute atomic E-state index is 13.0. The summed E-state index contributed by atoms with van der Waals surface area (Å²) in [4.78, 5) is 5.18. The van der Waals surface area contributed by atoms with E-state index in [0.717, 1.165) is 15.4 Å². The van der Waals surface area contributed by atoms with Gasteiger partial charge in [0.15, 0.2) is 0 Å². The zero-order valence-electron chi connectivity index (χ0n) is 8.63. The van der Waals surface area contributed by atoms with Crippen LogP contribution in [0.3, 0.4) is 0 Å². The van der Waals surface area contributed by atoms with Gasteiger partial charge in [0.2, 0.25) is 0 Å². The van der Waals surface area contributed by atoms with Gasteiger partial charge in [-0.25, -0.2) is 9.37 Å². The number of benzene rings is 1. The van der Waals surface area contributed by atoms with Gasteiger partial charge in [-0.1, -0.05) is 23.7 Å². The van der Waals surface area contributed by atoms with Crippen LogP contribution in [0.15, 0.2) is 24.3 Å². The van der Waals surface area contributed by atoms with Gasteiger partial charge in [-0.15, -0.1) is 11.3 Å². The second kappa shape index (κ2) is 4.91. The number of nitrogens with one attached hydrogen (secondary N) is 1. The van der Waals surface area contributed by atoms with E-state index in [9.17, 15) is 4.39 Å². The summed E-state index contributed by atoms with van der Waals surface area (Å²) in [5, 5.41) is 4.24. The van der Waals surface area contributed by atoms with Gasteiger partial charge in [-0.2, -0.15) is 0 Å². The minimum absolute atomic E-state index is 0.265. The second-order valence-corrected chi connectivity index (χ2v) is 4.72. The molecule has 2 aromatic rings. The quantitative estimate of drug-likeness (QED) is 0.911. The molecule has 0 aliphatic carbocycles. The van der Waals surface area contributed by atoms with Crippen LogP contribution in [-0.2, 0) is 6.54 Å². The van der Waals surface area contributed by atoms with Crippen LogP contribution >= 0.6 is 22.9 Å². The van der Waals surface area contributed by atoms with Crippen LogP contribution in [-0.4, -0.2) is 12.0 Å². The van der Waals surface area contributed by atoms with Gasteiger partial charge in [0.05, 0.1) is 4.88 Å². The molecule has 2 nitrogen and oxygen atoms in total. The average Bonchev–Trinajstić information content (AvgIpc) is 2.61. The first kappa shape index (κ1) is 11.5. The van der Waals surface area contributed by atoms with Gasteiger partial charge in [-0.05, 0) is 19.2 Å². The normalized spacial score (nSPS) is 10.7. The Morgan fingerprint density at radius 2 is 2.31 bits per heavy atom. The number of hydrogen-bond donors (Lipinski definition) is 1. The lowest BCUT2D eigenvalue weighted by molar-refractivity contribution is 0.628. The minimum atomic E-state index is -0.265. The molecule has 1 aromatic heterocycles. The first-order valence-corrected chi connectivity index (χ1v) is 5.96. The molecule has 2 rings (SSSR count). The van der Waals surface area contributed by atoms with Crippen LogP contribution in [0.5, 0.6) is 0 Å². The molecular weight excluding hydrogens is 247 g/mol. The Morgan fingerprint density at radius 1 is 1.50 bits per heavy atom. The Kier molecular flexibility index (Phi) is 3.53. The third-order valence-electron chi connectivity index (χ3n) is 2.06. The minimum Gasteiger partial charge on any atom is -0.315 e. The van der Waals surface area contributed by atoms with Crippen molar-refractivity contribution >= 4 is 22.9 Å². The largest absolute Gasteiger partial charge is 0.315 e. The van der Waals surface area contributed by atoms with Gasteiger partial charge in [0.25, 0.3) is 0 Å². The fraction of sp³-hybridized carbons (Fsp3) is 0.182. The Hall–Kier alpha value is -0.970. The van der Waals surface area contributed by atoms with Crippen molar-refractivity contribution < 1.29 is 4.39 Å².